The monoisotopic (exact) mass is 294 g/mol. The SMILES string of the molecule is CCN(C[C@@H]1CCCO1)S(=O)(=O)c1cccc(C#N)c1. The molecule has 0 aliphatic carbocycles. The summed E-state index contributed by atoms with van der Waals surface area (Å²) in [6, 6.07) is 8.08. The largest absolute Gasteiger partial charge is 0.377 e. The van der Waals surface area contributed by atoms with Crippen molar-refractivity contribution in [1.82, 2.24) is 4.31 Å². The van der Waals surface area contributed by atoms with Gasteiger partial charge < -0.3 is 4.74 Å². The van der Waals surface area contributed by atoms with Gasteiger partial charge in [0.05, 0.1) is 22.6 Å². The van der Waals surface area contributed by atoms with Crippen LogP contribution in [0.3, 0.4) is 0 Å². The van der Waals surface area contributed by atoms with Crippen LogP contribution >= 0.6 is 0 Å². The molecular weight excluding hydrogens is 276 g/mol. The number of sulfonamides is 1. The van der Waals surface area contributed by atoms with Crippen LogP contribution in [0, 0.1) is 11.3 Å². The van der Waals surface area contributed by atoms with Crippen LogP contribution in [-0.2, 0) is 14.8 Å². The predicted molar refractivity (Wildman–Crippen MR) is 74.6 cm³/mol. The number of likely N-dealkylation sites (N-methyl/N-ethyl adjacent to an activating group) is 1. The summed E-state index contributed by atoms with van der Waals surface area (Å²) >= 11 is 0. The van der Waals surface area contributed by atoms with Gasteiger partial charge in [-0.2, -0.15) is 9.57 Å². The third kappa shape index (κ3) is 3.18. The summed E-state index contributed by atoms with van der Waals surface area (Å²) < 4.78 is 32.1. The van der Waals surface area contributed by atoms with E-state index in [4.69, 9.17) is 10.00 Å². The molecule has 0 aromatic heterocycles. The zero-order valence-corrected chi connectivity index (χ0v) is 12.3. The lowest BCUT2D eigenvalue weighted by atomic mass is 10.2. The summed E-state index contributed by atoms with van der Waals surface area (Å²) in [6.07, 6.45) is 1.85. The first-order valence-corrected chi connectivity index (χ1v) is 8.14. The molecule has 0 N–H and O–H groups in total. The van der Waals surface area contributed by atoms with Crippen LogP contribution in [0.25, 0.3) is 0 Å². The molecular formula is C14H18N2O3S. The molecule has 108 valence electrons. The maximum Gasteiger partial charge on any atom is 0.243 e. The van der Waals surface area contributed by atoms with Gasteiger partial charge in [0.2, 0.25) is 10.0 Å². The third-order valence-corrected chi connectivity index (χ3v) is 5.32. The van der Waals surface area contributed by atoms with Crippen molar-refractivity contribution < 1.29 is 13.2 Å². The van der Waals surface area contributed by atoms with Crippen molar-refractivity contribution in [3.05, 3.63) is 29.8 Å². The van der Waals surface area contributed by atoms with Gasteiger partial charge in [0.1, 0.15) is 0 Å². The van der Waals surface area contributed by atoms with Crippen molar-refractivity contribution in [2.75, 3.05) is 19.7 Å². The Morgan fingerprint density at radius 2 is 2.30 bits per heavy atom. The minimum Gasteiger partial charge on any atom is -0.377 e. The van der Waals surface area contributed by atoms with E-state index in [-0.39, 0.29) is 11.0 Å². The Labute approximate surface area is 119 Å². The number of hydrogen-bond acceptors (Lipinski definition) is 4. The second-order valence-corrected chi connectivity index (χ2v) is 6.67. The number of ether oxygens (including phenoxy) is 1. The molecule has 1 atom stereocenters. The molecule has 5 nitrogen and oxygen atoms in total. The van der Waals surface area contributed by atoms with Gasteiger partial charge in [-0.3, -0.25) is 0 Å². The highest BCUT2D eigenvalue weighted by Gasteiger charge is 2.27. The molecule has 0 amide bonds. The van der Waals surface area contributed by atoms with E-state index < -0.39 is 10.0 Å². The Balaban J connectivity index is 2.23. The quantitative estimate of drug-likeness (QED) is 0.829. The second-order valence-electron chi connectivity index (χ2n) is 4.73. The normalized spacial score (nSPS) is 19.1. The highest BCUT2D eigenvalue weighted by atomic mass is 32.2. The van der Waals surface area contributed by atoms with Crippen molar-refractivity contribution in [3.63, 3.8) is 0 Å². The fourth-order valence-electron chi connectivity index (χ4n) is 2.29. The van der Waals surface area contributed by atoms with E-state index in [0.717, 1.165) is 12.8 Å². The topological polar surface area (TPSA) is 70.4 Å². The summed E-state index contributed by atoms with van der Waals surface area (Å²) in [6.45, 7) is 3.27. The summed E-state index contributed by atoms with van der Waals surface area (Å²) in [7, 11) is -3.57. The molecule has 1 aromatic rings. The molecule has 0 radical (unpaired) electrons. The Morgan fingerprint density at radius 3 is 2.90 bits per heavy atom. The van der Waals surface area contributed by atoms with Crippen LogP contribution in [0.2, 0.25) is 0 Å². The van der Waals surface area contributed by atoms with Crippen molar-refractivity contribution in [2.45, 2.75) is 30.8 Å². The molecule has 6 heteroatoms. The maximum atomic E-state index is 12.6. The number of nitriles is 1. The minimum absolute atomic E-state index is 0.0242. The van der Waals surface area contributed by atoms with E-state index in [9.17, 15) is 8.42 Å². The fraction of sp³-hybridized carbons (Fsp3) is 0.500. The van der Waals surface area contributed by atoms with Crippen LogP contribution in [-0.4, -0.2) is 38.5 Å². The molecule has 1 fully saturated rings. The summed E-state index contributed by atoms with van der Waals surface area (Å²) in [5.41, 5.74) is 0.347. The Kier molecular flexibility index (Phi) is 4.76. The van der Waals surface area contributed by atoms with Crippen LogP contribution in [0.1, 0.15) is 25.3 Å². The highest BCUT2D eigenvalue weighted by molar-refractivity contribution is 7.89. The summed E-state index contributed by atoms with van der Waals surface area (Å²) in [4.78, 5) is 0.163. The summed E-state index contributed by atoms with van der Waals surface area (Å²) in [5, 5.41) is 8.87. The smallest absolute Gasteiger partial charge is 0.243 e. The van der Waals surface area contributed by atoms with E-state index in [2.05, 4.69) is 0 Å². The Morgan fingerprint density at radius 1 is 1.50 bits per heavy atom. The van der Waals surface area contributed by atoms with E-state index in [1.807, 2.05) is 6.07 Å². The van der Waals surface area contributed by atoms with Gasteiger partial charge in [-0.15, -0.1) is 0 Å². The number of benzene rings is 1. The molecule has 1 heterocycles. The first kappa shape index (κ1) is 15.0. The van der Waals surface area contributed by atoms with E-state index >= 15 is 0 Å². The second kappa shape index (κ2) is 6.35. The molecule has 0 unspecified atom stereocenters. The molecule has 1 aromatic carbocycles. The van der Waals surface area contributed by atoms with Crippen LogP contribution < -0.4 is 0 Å². The van der Waals surface area contributed by atoms with Gasteiger partial charge >= 0.3 is 0 Å². The predicted octanol–water partition coefficient (Wildman–Crippen LogP) is 1.75. The van der Waals surface area contributed by atoms with E-state index in [0.29, 0.717) is 25.3 Å². The standard InChI is InChI=1S/C14H18N2O3S/c1-2-16(11-13-6-4-8-19-13)20(17,18)14-7-3-5-12(9-14)10-15/h3,5,7,9,13H,2,4,6,8,11H2,1H3/t13-/m0/s1. The maximum absolute atomic E-state index is 12.6. The molecule has 1 aliphatic rings. The van der Waals surface area contributed by atoms with E-state index in [1.165, 1.54) is 16.4 Å². The van der Waals surface area contributed by atoms with E-state index in [1.54, 1.807) is 19.1 Å². The molecule has 20 heavy (non-hydrogen) atoms. The first-order chi connectivity index (χ1) is 9.57. The number of hydrogen-bond donors (Lipinski definition) is 0. The molecule has 0 bridgehead atoms. The molecule has 0 saturated carbocycles. The van der Waals surface area contributed by atoms with Crippen LogP contribution in [0.4, 0.5) is 0 Å². The number of nitrogens with zero attached hydrogens (tertiary/aromatic N) is 2. The molecule has 0 spiro atoms. The lowest BCUT2D eigenvalue weighted by Crippen LogP contribution is -2.37. The zero-order valence-electron chi connectivity index (χ0n) is 11.4. The van der Waals surface area contributed by atoms with Gasteiger partial charge in [0.25, 0.3) is 0 Å². The van der Waals surface area contributed by atoms with Gasteiger partial charge in [-0.05, 0) is 31.0 Å². The molecule has 1 aliphatic heterocycles. The van der Waals surface area contributed by atoms with Gasteiger partial charge in [-0.1, -0.05) is 13.0 Å². The minimum atomic E-state index is -3.57. The number of rotatable bonds is 5. The van der Waals surface area contributed by atoms with Crippen LogP contribution in [0.15, 0.2) is 29.2 Å². The Hall–Kier alpha value is -1.42. The lowest BCUT2D eigenvalue weighted by molar-refractivity contribution is 0.0947. The Bertz CT molecular complexity index is 601. The van der Waals surface area contributed by atoms with Crippen molar-refractivity contribution >= 4 is 10.0 Å². The lowest BCUT2D eigenvalue weighted by Gasteiger charge is -2.23. The highest BCUT2D eigenvalue weighted by Crippen LogP contribution is 2.20. The average Bonchev–Trinajstić information content (AvgIpc) is 2.97. The third-order valence-electron chi connectivity index (χ3n) is 3.38. The molecule has 1 saturated heterocycles. The van der Waals surface area contributed by atoms with Crippen molar-refractivity contribution in [2.24, 2.45) is 0 Å². The first-order valence-electron chi connectivity index (χ1n) is 6.70. The van der Waals surface area contributed by atoms with Gasteiger partial charge in [0, 0.05) is 19.7 Å². The zero-order chi connectivity index (χ0) is 14.6. The van der Waals surface area contributed by atoms with Gasteiger partial charge in [-0.25, -0.2) is 8.42 Å². The van der Waals surface area contributed by atoms with Crippen LogP contribution in [0.5, 0.6) is 0 Å². The average molecular weight is 294 g/mol. The fourth-order valence-corrected chi connectivity index (χ4v) is 3.81. The molecule has 2 rings (SSSR count). The van der Waals surface area contributed by atoms with Crippen molar-refractivity contribution in [3.8, 4) is 6.07 Å². The summed E-state index contributed by atoms with van der Waals surface area (Å²) in [5.74, 6) is 0. The van der Waals surface area contributed by atoms with Gasteiger partial charge in [0.15, 0.2) is 0 Å². The van der Waals surface area contributed by atoms with Crippen molar-refractivity contribution in [1.29, 1.82) is 5.26 Å².